The van der Waals surface area contributed by atoms with Crippen LogP contribution in [0.5, 0.6) is 11.5 Å². The normalized spacial score (nSPS) is 11.0. The van der Waals surface area contributed by atoms with Crippen molar-refractivity contribution in [3.8, 4) is 22.9 Å². The van der Waals surface area contributed by atoms with Crippen molar-refractivity contribution in [1.82, 2.24) is 15.2 Å². The Labute approximate surface area is 213 Å². The zero-order chi connectivity index (χ0) is 25.4. The molecule has 0 aliphatic rings. The van der Waals surface area contributed by atoms with Crippen LogP contribution in [0.15, 0.2) is 71.6 Å². The van der Waals surface area contributed by atoms with Gasteiger partial charge in [-0.1, -0.05) is 40.9 Å². The molecule has 0 radical (unpaired) electrons. The molecule has 0 saturated carbocycles. The summed E-state index contributed by atoms with van der Waals surface area (Å²) < 4.78 is 35.2. The molecule has 0 fully saturated rings. The van der Waals surface area contributed by atoms with Crippen LogP contribution in [0, 0.1) is 6.92 Å². The zero-order valence-corrected chi connectivity index (χ0v) is 21.0. The van der Waals surface area contributed by atoms with Crippen LogP contribution in [0.1, 0.15) is 17.8 Å². The van der Waals surface area contributed by atoms with E-state index in [1.54, 1.807) is 54.6 Å². The van der Waals surface area contributed by atoms with E-state index in [-0.39, 0.29) is 10.6 Å². The van der Waals surface area contributed by atoms with Gasteiger partial charge in [0.25, 0.3) is 10.1 Å². The number of phenols is 1. The predicted molar refractivity (Wildman–Crippen MR) is 135 cm³/mol. The maximum atomic E-state index is 10.5. The number of aromatic hydroxyl groups is 1. The summed E-state index contributed by atoms with van der Waals surface area (Å²) in [6, 6.07) is 17.9. The van der Waals surface area contributed by atoms with Gasteiger partial charge in [-0.3, -0.25) is 9.65 Å². The Kier molecular flexibility index (Phi) is 9.11. The summed E-state index contributed by atoms with van der Waals surface area (Å²) in [6.07, 6.45) is 1.47. The lowest BCUT2D eigenvalue weighted by molar-refractivity contribution is 0.310. The molecule has 0 bridgehead atoms. The molecule has 1 aromatic heterocycles. The lowest BCUT2D eigenvalue weighted by Gasteiger charge is -2.07. The van der Waals surface area contributed by atoms with Gasteiger partial charge in [-0.2, -0.15) is 13.5 Å². The first-order valence-corrected chi connectivity index (χ1v) is 12.6. The number of halogens is 2. The van der Waals surface area contributed by atoms with Gasteiger partial charge >= 0.3 is 0 Å². The SMILES string of the molecule is Cc1ccc(S(=O)(=O)O)cc1.Oc1ccc(-c2n[nH]c(CCCOc3ccc(Cl)cc3Cl)n2)cc1. The molecule has 0 atom stereocenters. The van der Waals surface area contributed by atoms with E-state index >= 15 is 0 Å². The molecule has 3 N–H and O–H groups in total. The summed E-state index contributed by atoms with van der Waals surface area (Å²) in [5.74, 6) is 2.21. The average molecular weight is 536 g/mol. The highest BCUT2D eigenvalue weighted by atomic mass is 35.5. The number of hydrogen-bond acceptors (Lipinski definition) is 6. The number of rotatable bonds is 7. The number of aromatic amines is 1. The van der Waals surface area contributed by atoms with Gasteiger partial charge in [0.15, 0.2) is 5.82 Å². The number of aryl methyl sites for hydroxylation is 2. The molecule has 0 aliphatic carbocycles. The fourth-order valence-electron chi connectivity index (χ4n) is 2.87. The minimum atomic E-state index is -4.02. The number of benzene rings is 3. The van der Waals surface area contributed by atoms with Crippen molar-refractivity contribution in [3.05, 3.63) is 88.2 Å². The van der Waals surface area contributed by atoms with Gasteiger partial charge in [0.1, 0.15) is 17.3 Å². The maximum absolute atomic E-state index is 10.5. The molecule has 0 aliphatic heterocycles. The number of hydrogen-bond donors (Lipinski definition) is 3. The average Bonchev–Trinajstić information content (AvgIpc) is 3.27. The van der Waals surface area contributed by atoms with Crippen molar-refractivity contribution in [2.45, 2.75) is 24.7 Å². The predicted octanol–water partition coefficient (Wildman–Crippen LogP) is 5.74. The van der Waals surface area contributed by atoms with Crippen LogP contribution < -0.4 is 4.74 Å². The summed E-state index contributed by atoms with van der Waals surface area (Å²) in [7, 11) is -4.02. The highest BCUT2D eigenvalue weighted by Gasteiger charge is 2.08. The molecular weight excluding hydrogens is 513 g/mol. The first-order chi connectivity index (χ1) is 16.6. The van der Waals surface area contributed by atoms with Gasteiger partial charge in [0.05, 0.1) is 16.5 Å². The Morgan fingerprint density at radius 2 is 1.69 bits per heavy atom. The monoisotopic (exact) mass is 535 g/mol. The van der Waals surface area contributed by atoms with Crippen molar-refractivity contribution in [2.24, 2.45) is 0 Å². The van der Waals surface area contributed by atoms with Crippen molar-refractivity contribution < 1.29 is 22.8 Å². The minimum Gasteiger partial charge on any atom is -0.508 e. The van der Waals surface area contributed by atoms with Crippen molar-refractivity contribution >= 4 is 33.3 Å². The van der Waals surface area contributed by atoms with Crippen LogP contribution in [0.3, 0.4) is 0 Å². The highest BCUT2D eigenvalue weighted by Crippen LogP contribution is 2.27. The second kappa shape index (κ2) is 12.0. The van der Waals surface area contributed by atoms with Crippen LogP contribution in [0.25, 0.3) is 11.4 Å². The van der Waals surface area contributed by atoms with E-state index in [2.05, 4.69) is 15.2 Å². The van der Waals surface area contributed by atoms with Crippen LogP contribution in [-0.2, 0) is 16.5 Å². The Bertz CT molecular complexity index is 1360. The van der Waals surface area contributed by atoms with Gasteiger partial charge in [-0.15, -0.1) is 0 Å². The van der Waals surface area contributed by atoms with E-state index in [0.29, 0.717) is 34.6 Å². The largest absolute Gasteiger partial charge is 0.508 e. The van der Waals surface area contributed by atoms with E-state index in [0.717, 1.165) is 23.4 Å². The van der Waals surface area contributed by atoms with E-state index in [1.165, 1.54) is 12.1 Å². The summed E-state index contributed by atoms with van der Waals surface area (Å²) in [6.45, 7) is 2.35. The number of nitrogens with zero attached hydrogens (tertiary/aromatic N) is 2. The molecular formula is C24H23Cl2N3O5S. The van der Waals surface area contributed by atoms with Crippen LogP contribution in [0.4, 0.5) is 0 Å². The molecule has 3 aromatic carbocycles. The molecule has 35 heavy (non-hydrogen) atoms. The fourth-order valence-corrected chi connectivity index (χ4v) is 3.81. The molecule has 4 aromatic rings. The van der Waals surface area contributed by atoms with Crippen LogP contribution in [0.2, 0.25) is 10.0 Å². The Hall–Kier alpha value is -3.11. The Morgan fingerprint density at radius 1 is 1.00 bits per heavy atom. The molecule has 8 nitrogen and oxygen atoms in total. The molecule has 0 unspecified atom stereocenters. The van der Waals surface area contributed by atoms with E-state index < -0.39 is 10.1 Å². The topological polar surface area (TPSA) is 125 Å². The quantitative estimate of drug-likeness (QED) is 0.203. The van der Waals surface area contributed by atoms with Crippen LogP contribution >= 0.6 is 23.2 Å². The van der Waals surface area contributed by atoms with Gasteiger partial charge < -0.3 is 9.84 Å². The number of H-pyrrole nitrogens is 1. The standard InChI is InChI=1S/C17H15Cl2N3O2.C7H8O3S/c18-12-5-8-15(14(19)10-12)24-9-1-2-16-20-17(22-21-16)11-3-6-13(23)7-4-11;1-6-2-4-7(5-3-6)11(8,9)10/h3-8,10,23H,1-2,9H2,(H,20,21,22);2-5H,1H3,(H,8,9,10). The van der Waals surface area contributed by atoms with Crippen molar-refractivity contribution in [1.29, 1.82) is 0 Å². The number of ether oxygens (including phenoxy) is 1. The zero-order valence-electron chi connectivity index (χ0n) is 18.6. The summed E-state index contributed by atoms with van der Waals surface area (Å²) in [4.78, 5) is 4.37. The summed E-state index contributed by atoms with van der Waals surface area (Å²) in [5.41, 5.74) is 1.80. The molecule has 1 heterocycles. The van der Waals surface area contributed by atoms with Gasteiger partial charge in [0.2, 0.25) is 0 Å². The van der Waals surface area contributed by atoms with Crippen LogP contribution in [-0.4, -0.2) is 39.9 Å². The maximum Gasteiger partial charge on any atom is 0.294 e. The second-order valence-electron chi connectivity index (χ2n) is 7.47. The summed E-state index contributed by atoms with van der Waals surface area (Å²) in [5, 5.41) is 17.5. The number of nitrogens with one attached hydrogen (secondary N) is 1. The van der Waals surface area contributed by atoms with Gasteiger partial charge in [0, 0.05) is 17.0 Å². The lowest BCUT2D eigenvalue weighted by atomic mass is 10.2. The van der Waals surface area contributed by atoms with Gasteiger partial charge in [-0.05, 0) is 67.9 Å². The molecule has 4 rings (SSSR count). The van der Waals surface area contributed by atoms with Crippen molar-refractivity contribution in [2.75, 3.05) is 6.61 Å². The van der Waals surface area contributed by atoms with E-state index in [1.807, 2.05) is 6.92 Å². The molecule has 0 amide bonds. The number of phenolic OH excluding ortho intramolecular Hbond substituents is 1. The molecule has 0 spiro atoms. The third-order valence-corrected chi connectivity index (χ3v) is 6.08. The second-order valence-corrected chi connectivity index (χ2v) is 9.73. The fraction of sp³-hybridized carbons (Fsp3) is 0.167. The molecule has 184 valence electrons. The first-order valence-electron chi connectivity index (χ1n) is 10.4. The lowest BCUT2D eigenvalue weighted by Crippen LogP contribution is -2.00. The highest BCUT2D eigenvalue weighted by molar-refractivity contribution is 7.85. The smallest absolute Gasteiger partial charge is 0.294 e. The van der Waals surface area contributed by atoms with E-state index in [4.69, 9.17) is 32.5 Å². The van der Waals surface area contributed by atoms with Crippen molar-refractivity contribution in [3.63, 3.8) is 0 Å². The first kappa shape index (κ1) is 26.5. The Balaban J connectivity index is 0.000000261. The summed E-state index contributed by atoms with van der Waals surface area (Å²) >= 11 is 11.9. The van der Waals surface area contributed by atoms with Gasteiger partial charge in [-0.25, -0.2) is 4.98 Å². The number of aromatic nitrogens is 3. The minimum absolute atomic E-state index is 0.0666. The Morgan fingerprint density at radius 3 is 2.31 bits per heavy atom. The van der Waals surface area contributed by atoms with E-state index in [9.17, 15) is 13.5 Å². The third kappa shape index (κ3) is 8.25. The molecule has 11 heteroatoms. The molecule has 0 saturated heterocycles. The third-order valence-electron chi connectivity index (χ3n) is 4.69.